The van der Waals surface area contributed by atoms with E-state index in [0.29, 0.717) is 35.4 Å². The van der Waals surface area contributed by atoms with E-state index >= 15 is 0 Å². The predicted octanol–water partition coefficient (Wildman–Crippen LogP) is 4.37. The molecule has 1 saturated heterocycles. The Morgan fingerprint density at radius 2 is 1.97 bits per heavy atom. The van der Waals surface area contributed by atoms with Gasteiger partial charge >= 0.3 is 0 Å². The van der Waals surface area contributed by atoms with Crippen molar-refractivity contribution >= 4 is 34.2 Å². The van der Waals surface area contributed by atoms with Gasteiger partial charge in [-0.1, -0.05) is 18.2 Å². The molecule has 2 amide bonds. The molecule has 3 aromatic rings. The number of carbonyl (C=O) groups excluding carboxylic acids is 2. The Hall–Kier alpha value is -3.69. The molecular weight excluding hydrogens is 447 g/mol. The second-order valence-electron chi connectivity index (χ2n) is 8.18. The number of piperidine rings is 1. The van der Waals surface area contributed by atoms with Gasteiger partial charge in [0, 0.05) is 48.8 Å². The van der Waals surface area contributed by atoms with Crippen LogP contribution < -0.4 is 15.5 Å². The van der Waals surface area contributed by atoms with Crippen LogP contribution in [0.2, 0.25) is 0 Å². The lowest BCUT2D eigenvalue weighted by molar-refractivity contribution is -0.130. The van der Waals surface area contributed by atoms with Gasteiger partial charge in [0.1, 0.15) is 11.6 Å². The maximum atomic E-state index is 14.6. The normalized spacial score (nSPS) is 17.2. The Morgan fingerprint density at radius 3 is 2.68 bits per heavy atom. The summed E-state index contributed by atoms with van der Waals surface area (Å²) in [7, 11) is 1.54. The number of pyridine rings is 2. The largest absolute Gasteiger partial charge is 0.378 e. The van der Waals surface area contributed by atoms with Crippen LogP contribution in [0.4, 0.5) is 24.7 Å². The summed E-state index contributed by atoms with van der Waals surface area (Å²) in [5.41, 5.74) is 0.616. The fourth-order valence-corrected chi connectivity index (χ4v) is 4.20. The molecule has 0 spiro atoms. The monoisotopic (exact) mass is 471 g/mol. The van der Waals surface area contributed by atoms with Crippen molar-refractivity contribution in [3.63, 3.8) is 0 Å². The molecule has 1 aromatic carbocycles. The molecule has 0 saturated carbocycles. The average molecular weight is 471 g/mol. The Bertz CT molecular complexity index is 1240. The molecule has 7 nitrogen and oxygen atoms in total. The fraction of sp³-hybridized carbons (Fsp3) is 0.333. The number of nitrogens with one attached hydrogen (secondary N) is 2. The molecule has 10 heteroatoms. The highest BCUT2D eigenvalue weighted by Gasteiger charge is 2.31. The number of hydrogen-bond donors (Lipinski definition) is 2. The number of halogens is 3. The van der Waals surface area contributed by atoms with Crippen LogP contribution in [-0.2, 0) is 9.59 Å². The molecule has 178 valence electrons. The van der Waals surface area contributed by atoms with Crippen LogP contribution in [0, 0.1) is 11.7 Å². The van der Waals surface area contributed by atoms with E-state index in [9.17, 15) is 22.8 Å². The number of benzene rings is 1. The van der Waals surface area contributed by atoms with Crippen LogP contribution >= 0.6 is 0 Å². The average Bonchev–Trinajstić information content (AvgIpc) is 2.83. The molecule has 3 heterocycles. The van der Waals surface area contributed by atoms with E-state index in [4.69, 9.17) is 0 Å². The van der Waals surface area contributed by atoms with Crippen LogP contribution in [0.3, 0.4) is 0 Å². The molecule has 34 heavy (non-hydrogen) atoms. The van der Waals surface area contributed by atoms with Gasteiger partial charge in [0.2, 0.25) is 11.8 Å². The number of alkyl halides is 2. The number of fused-ring (bicyclic) bond motifs is 1. The van der Waals surface area contributed by atoms with Gasteiger partial charge in [-0.3, -0.25) is 19.5 Å². The SMILES string of the molecule is CNC(=O)C1CCN(c2cc3c(N[C@H](C)c4cccc(C(F)F)c4F)ccnc3cn2)C(=O)C1. The molecule has 0 bridgehead atoms. The van der Waals surface area contributed by atoms with Crippen LogP contribution in [0.15, 0.2) is 42.7 Å². The summed E-state index contributed by atoms with van der Waals surface area (Å²) in [6.45, 7) is 2.02. The summed E-state index contributed by atoms with van der Waals surface area (Å²) in [5, 5.41) is 6.39. The quantitative estimate of drug-likeness (QED) is 0.558. The van der Waals surface area contributed by atoms with E-state index < -0.39 is 23.8 Å². The smallest absolute Gasteiger partial charge is 0.266 e. The number of aromatic nitrogens is 2. The summed E-state index contributed by atoms with van der Waals surface area (Å²) in [4.78, 5) is 34.8. The van der Waals surface area contributed by atoms with Crippen molar-refractivity contribution in [2.75, 3.05) is 23.8 Å². The molecule has 2 atom stereocenters. The van der Waals surface area contributed by atoms with Crippen LogP contribution in [0.5, 0.6) is 0 Å². The van der Waals surface area contributed by atoms with Crippen molar-refractivity contribution < 1.29 is 22.8 Å². The first-order chi connectivity index (χ1) is 16.3. The molecule has 1 aliphatic rings. The summed E-state index contributed by atoms with van der Waals surface area (Å²) >= 11 is 0. The lowest BCUT2D eigenvalue weighted by Crippen LogP contribution is -2.43. The number of anilines is 2. The summed E-state index contributed by atoms with van der Waals surface area (Å²) in [5.74, 6) is -1.25. The van der Waals surface area contributed by atoms with Gasteiger partial charge in [-0.2, -0.15) is 0 Å². The molecule has 2 aromatic heterocycles. The first-order valence-electron chi connectivity index (χ1n) is 10.9. The highest BCUT2D eigenvalue weighted by atomic mass is 19.3. The van der Waals surface area contributed by atoms with Crippen molar-refractivity contribution in [3.05, 3.63) is 59.7 Å². The second-order valence-corrected chi connectivity index (χ2v) is 8.18. The van der Waals surface area contributed by atoms with Gasteiger partial charge in [-0.05, 0) is 25.5 Å². The van der Waals surface area contributed by atoms with Crippen LogP contribution in [0.1, 0.15) is 43.4 Å². The summed E-state index contributed by atoms with van der Waals surface area (Å²) in [6, 6.07) is 6.72. The number of amides is 2. The van der Waals surface area contributed by atoms with Gasteiger partial charge in [-0.25, -0.2) is 18.2 Å². The number of nitrogens with zero attached hydrogens (tertiary/aromatic N) is 3. The van der Waals surface area contributed by atoms with Crippen molar-refractivity contribution in [2.45, 2.75) is 32.2 Å². The predicted molar refractivity (Wildman–Crippen MR) is 122 cm³/mol. The Labute approximate surface area is 194 Å². The summed E-state index contributed by atoms with van der Waals surface area (Å²) in [6.07, 6.45) is 0.794. The third kappa shape index (κ3) is 4.52. The van der Waals surface area contributed by atoms with E-state index in [1.165, 1.54) is 23.2 Å². The van der Waals surface area contributed by atoms with Gasteiger partial charge < -0.3 is 10.6 Å². The minimum Gasteiger partial charge on any atom is -0.378 e. The zero-order chi connectivity index (χ0) is 24.4. The second kappa shape index (κ2) is 9.66. The molecule has 1 aliphatic heterocycles. The lowest BCUT2D eigenvalue weighted by atomic mass is 9.95. The number of rotatable bonds is 6. The molecule has 4 rings (SSSR count). The molecule has 0 aliphatic carbocycles. The van der Waals surface area contributed by atoms with E-state index in [0.717, 1.165) is 6.07 Å². The summed E-state index contributed by atoms with van der Waals surface area (Å²) < 4.78 is 40.9. The van der Waals surface area contributed by atoms with Gasteiger partial charge in [0.25, 0.3) is 6.43 Å². The molecule has 2 N–H and O–H groups in total. The number of carbonyl (C=O) groups is 2. The zero-order valence-corrected chi connectivity index (χ0v) is 18.7. The highest BCUT2D eigenvalue weighted by Crippen LogP contribution is 2.32. The third-order valence-corrected chi connectivity index (χ3v) is 6.06. The van der Waals surface area contributed by atoms with Gasteiger partial charge in [0.15, 0.2) is 0 Å². The zero-order valence-electron chi connectivity index (χ0n) is 18.7. The Morgan fingerprint density at radius 1 is 1.21 bits per heavy atom. The van der Waals surface area contributed by atoms with Crippen molar-refractivity contribution in [1.82, 2.24) is 15.3 Å². The van der Waals surface area contributed by atoms with Crippen LogP contribution in [-0.4, -0.2) is 35.4 Å². The first kappa shape index (κ1) is 23.5. The molecule has 1 fully saturated rings. The van der Waals surface area contributed by atoms with E-state index in [1.807, 2.05) is 0 Å². The van der Waals surface area contributed by atoms with Crippen molar-refractivity contribution in [2.24, 2.45) is 5.92 Å². The minimum absolute atomic E-state index is 0.0916. The lowest BCUT2D eigenvalue weighted by Gasteiger charge is -2.30. The van der Waals surface area contributed by atoms with Crippen molar-refractivity contribution in [1.29, 1.82) is 0 Å². The maximum absolute atomic E-state index is 14.6. The first-order valence-corrected chi connectivity index (χ1v) is 10.9. The van der Waals surface area contributed by atoms with Gasteiger partial charge in [0.05, 0.1) is 23.3 Å². The van der Waals surface area contributed by atoms with Crippen molar-refractivity contribution in [3.8, 4) is 0 Å². The Balaban J connectivity index is 1.62. The van der Waals surface area contributed by atoms with Gasteiger partial charge in [-0.15, -0.1) is 0 Å². The third-order valence-electron chi connectivity index (χ3n) is 6.06. The van der Waals surface area contributed by atoms with E-state index in [-0.39, 0.29) is 29.7 Å². The number of hydrogen-bond acceptors (Lipinski definition) is 5. The topological polar surface area (TPSA) is 87.2 Å². The minimum atomic E-state index is -2.91. The maximum Gasteiger partial charge on any atom is 0.266 e. The molecule has 0 radical (unpaired) electrons. The molecular formula is C24H24F3N5O2. The Kier molecular flexibility index (Phi) is 6.67. The fourth-order valence-electron chi connectivity index (χ4n) is 4.20. The molecule has 1 unspecified atom stereocenters. The standard InChI is InChI=1S/C24H24F3N5O2/c1-13(15-4-3-5-16(22(15)25)23(26)27)31-18-6-8-29-19-12-30-20(11-17(18)19)32-9-7-14(10-21(32)33)24(34)28-2/h3-6,8,11-14,23H,7,9-10H2,1-2H3,(H,28,34)(H,29,31)/t13-,14?/m1/s1. The van der Waals surface area contributed by atoms with E-state index in [2.05, 4.69) is 20.6 Å². The van der Waals surface area contributed by atoms with Crippen LogP contribution in [0.25, 0.3) is 10.9 Å². The highest BCUT2D eigenvalue weighted by molar-refractivity contribution is 5.99. The van der Waals surface area contributed by atoms with E-state index in [1.54, 1.807) is 32.3 Å².